The van der Waals surface area contributed by atoms with E-state index in [9.17, 15) is 4.79 Å². The van der Waals surface area contributed by atoms with Crippen molar-refractivity contribution in [2.24, 2.45) is 0 Å². The summed E-state index contributed by atoms with van der Waals surface area (Å²) in [7, 11) is 1.65. The summed E-state index contributed by atoms with van der Waals surface area (Å²) in [6.45, 7) is 5.99. The number of nitrogens with zero attached hydrogens (tertiary/aromatic N) is 3. The monoisotopic (exact) mass is 476 g/mol. The van der Waals surface area contributed by atoms with Gasteiger partial charge < -0.3 is 10.1 Å². The standard InChI is InChI=1S/C25H24N4O2S2/c1-15-8-9-20(16(2)12-15)27-22(30)14-32-23-11-10-21(28-29-23)24-17(3)26-25(33-24)18-6-5-7-19(13-18)31-4/h5-13H,14H2,1-4H3,(H,27,30). The summed E-state index contributed by atoms with van der Waals surface area (Å²) in [6, 6.07) is 17.6. The van der Waals surface area contributed by atoms with Gasteiger partial charge in [-0.05, 0) is 56.7 Å². The van der Waals surface area contributed by atoms with E-state index < -0.39 is 0 Å². The molecule has 4 aromatic rings. The fourth-order valence-electron chi connectivity index (χ4n) is 3.31. The van der Waals surface area contributed by atoms with E-state index >= 15 is 0 Å². The lowest BCUT2D eigenvalue weighted by Crippen LogP contribution is -2.15. The Morgan fingerprint density at radius 3 is 2.64 bits per heavy atom. The molecule has 2 aromatic carbocycles. The molecule has 0 fully saturated rings. The first kappa shape index (κ1) is 22.9. The number of carbonyl (C=O) groups excluding carboxylic acids is 1. The Morgan fingerprint density at radius 1 is 1.06 bits per heavy atom. The summed E-state index contributed by atoms with van der Waals surface area (Å²) >= 11 is 2.93. The van der Waals surface area contributed by atoms with E-state index in [0.717, 1.165) is 43.8 Å². The number of amides is 1. The second kappa shape index (κ2) is 10.1. The van der Waals surface area contributed by atoms with Crippen LogP contribution in [0.4, 0.5) is 5.69 Å². The number of aryl methyl sites for hydroxylation is 3. The number of carbonyl (C=O) groups is 1. The number of hydrogen-bond acceptors (Lipinski definition) is 7. The van der Waals surface area contributed by atoms with Crippen molar-refractivity contribution in [3.05, 3.63) is 71.4 Å². The molecule has 33 heavy (non-hydrogen) atoms. The van der Waals surface area contributed by atoms with Crippen molar-refractivity contribution in [1.82, 2.24) is 15.2 Å². The molecule has 0 spiro atoms. The highest BCUT2D eigenvalue weighted by Gasteiger charge is 2.14. The first-order chi connectivity index (χ1) is 15.9. The van der Waals surface area contributed by atoms with Crippen LogP contribution in [0.25, 0.3) is 21.1 Å². The SMILES string of the molecule is COc1cccc(-c2nc(C)c(-c3ccc(SCC(=O)Nc4ccc(C)cc4C)nn3)s2)c1. The molecule has 0 radical (unpaired) electrons. The minimum absolute atomic E-state index is 0.0703. The van der Waals surface area contributed by atoms with E-state index in [4.69, 9.17) is 9.72 Å². The summed E-state index contributed by atoms with van der Waals surface area (Å²) in [4.78, 5) is 18.0. The molecule has 8 heteroatoms. The lowest BCUT2D eigenvalue weighted by molar-refractivity contribution is -0.113. The van der Waals surface area contributed by atoms with Crippen LogP contribution in [0.2, 0.25) is 0 Å². The molecule has 0 bridgehead atoms. The van der Waals surface area contributed by atoms with E-state index in [-0.39, 0.29) is 11.7 Å². The number of thioether (sulfide) groups is 1. The zero-order valence-electron chi connectivity index (χ0n) is 18.9. The maximum absolute atomic E-state index is 12.3. The van der Waals surface area contributed by atoms with Crippen molar-refractivity contribution >= 4 is 34.7 Å². The van der Waals surface area contributed by atoms with Gasteiger partial charge in [-0.3, -0.25) is 4.79 Å². The van der Waals surface area contributed by atoms with Crippen LogP contribution in [0.15, 0.2) is 59.6 Å². The van der Waals surface area contributed by atoms with Crippen LogP contribution in [0.1, 0.15) is 16.8 Å². The maximum Gasteiger partial charge on any atom is 0.234 e. The predicted octanol–water partition coefficient (Wildman–Crippen LogP) is 5.93. The highest BCUT2D eigenvalue weighted by Crippen LogP contribution is 2.35. The van der Waals surface area contributed by atoms with Crippen molar-refractivity contribution in [3.63, 3.8) is 0 Å². The predicted molar refractivity (Wildman–Crippen MR) is 135 cm³/mol. The van der Waals surface area contributed by atoms with Gasteiger partial charge in [-0.1, -0.05) is 41.6 Å². The molecule has 4 rings (SSSR count). The average molecular weight is 477 g/mol. The first-order valence-electron chi connectivity index (χ1n) is 10.4. The number of thiazole rings is 1. The minimum Gasteiger partial charge on any atom is -0.497 e. The third-order valence-electron chi connectivity index (χ3n) is 4.99. The number of ether oxygens (including phenoxy) is 1. The van der Waals surface area contributed by atoms with Crippen LogP contribution in [-0.4, -0.2) is 34.0 Å². The molecule has 0 atom stereocenters. The van der Waals surface area contributed by atoms with Crippen LogP contribution in [0, 0.1) is 20.8 Å². The van der Waals surface area contributed by atoms with Gasteiger partial charge in [0.05, 0.1) is 23.4 Å². The Balaban J connectivity index is 1.41. The van der Waals surface area contributed by atoms with Crippen molar-refractivity contribution in [1.29, 1.82) is 0 Å². The molecule has 1 amide bonds. The number of nitrogens with one attached hydrogen (secondary N) is 1. The smallest absolute Gasteiger partial charge is 0.234 e. The summed E-state index contributed by atoms with van der Waals surface area (Å²) in [5, 5.41) is 13.2. The topological polar surface area (TPSA) is 77.0 Å². The summed E-state index contributed by atoms with van der Waals surface area (Å²) in [5.41, 5.74) is 5.72. The molecule has 1 N–H and O–H groups in total. The lowest BCUT2D eigenvalue weighted by atomic mass is 10.1. The van der Waals surface area contributed by atoms with Crippen LogP contribution < -0.4 is 10.1 Å². The Morgan fingerprint density at radius 2 is 1.91 bits per heavy atom. The van der Waals surface area contributed by atoms with Gasteiger partial charge in [-0.25, -0.2) is 4.98 Å². The molecule has 0 aliphatic rings. The highest BCUT2D eigenvalue weighted by molar-refractivity contribution is 7.99. The Hall–Kier alpha value is -3.23. The number of aromatic nitrogens is 3. The van der Waals surface area contributed by atoms with Crippen LogP contribution in [-0.2, 0) is 4.79 Å². The van der Waals surface area contributed by atoms with Crippen LogP contribution >= 0.6 is 23.1 Å². The van der Waals surface area contributed by atoms with Crippen molar-refractivity contribution in [3.8, 4) is 26.9 Å². The van der Waals surface area contributed by atoms with Crippen molar-refractivity contribution < 1.29 is 9.53 Å². The summed E-state index contributed by atoms with van der Waals surface area (Å²) in [6.07, 6.45) is 0. The Labute approximate surface area is 201 Å². The average Bonchev–Trinajstić information content (AvgIpc) is 3.21. The molecular weight excluding hydrogens is 452 g/mol. The van der Waals surface area contributed by atoms with Crippen LogP contribution in [0.3, 0.4) is 0 Å². The molecular formula is C25H24N4O2S2. The van der Waals surface area contributed by atoms with E-state index in [1.807, 2.05) is 75.4 Å². The van der Waals surface area contributed by atoms with E-state index in [0.29, 0.717) is 5.03 Å². The normalized spacial score (nSPS) is 10.8. The van der Waals surface area contributed by atoms with Gasteiger partial charge in [-0.2, -0.15) is 0 Å². The fraction of sp³-hybridized carbons (Fsp3) is 0.200. The summed E-state index contributed by atoms with van der Waals surface area (Å²) < 4.78 is 5.32. The molecule has 2 heterocycles. The first-order valence-corrected chi connectivity index (χ1v) is 12.2. The molecule has 0 aliphatic carbocycles. The fourth-order valence-corrected chi connectivity index (χ4v) is 4.95. The Kier molecular flexibility index (Phi) is 7.05. The van der Waals surface area contributed by atoms with Gasteiger partial charge in [-0.15, -0.1) is 21.5 Å². The third-order valence-corrected chi connectivity index (χ3v) is 7.14. The highest BCUT2D eigenvalue weighted by atomic mass is 32.2. The van der Waals surface area contributed by atoms with Gasteiger partial charge in [0.25, 0.3) is 0 Å². The number of benzene rings is 2. The zero-order chi connectivity index (χ0) is 23.4. The molecule has 2 aromatic heterocycles. The largest absolute Gasteiger partial charge is 0.497 e. The summed E-state index contributed by atoms with van der Waals surface area (Å²) in [5.74, 6) is 0.990. The van der Waals surface area contributed by atoms with Gasteiger partial charge in [0.2, 0.25) is 5.91 Å². The van der Waals surface area contributed by atoms with Crippen LogP contribution in [0.5, 0.6) is 5.75 Å². The molecule has 0 unspecified atom stereocenters. The van der Waals surface area contributed by atoms with E-state index in [2.05, 4.69) is 15.5 Å². The molecule has 168 valence electrons. The maximum atomic E-state index is 12.3. The van der Waals surface area contributed by atoms with Gasteiger partial charge in [0.15, 0.2) is 0 Å². The molecule has 0 aliphatic heterocycles. The second-order valence-corrected chi connectivity index (χ2v) is 9.57. The second-order valence-electron chi connectivity index (χ2n) is 7.58. The third kappa shape index (κ3) is 5.58. The Bertz CT molecular complexity index is 1290. The lowest BCUT2D eigenvalue weighted by Gasteiger charge is -2.08. The molecule has 6 nitrogen and oxygen atoms in total. The van der Waals surface area contributed by atoms with Crippen molar-refractivity contribution in [2.75, 3.05) is 18.2 Å². The zero-order valence-corrected chi connectivity index (χ0v) is 20.5. The quantitative estimate of drug-likeness (QED) is 0.333. The number of methoxy groups -OCH3 is 1. The van der Waals surface area contributed by atoms with Gasteiger partial charge in [0.1, 0.15) is 21.5 Å². The number of anilines is 1. The molecule has 0 saturated carbocycles. The number of hydrogen-bond donors (Lipinski definition) is 1. The molecule has 0 saturated heterocycles. The van der Waals surface area contributed by atoms with E-state index in [1.54, 1.807) is 18.4 Å². The van der Waals surface area contributed by atoms with Gasteiger partial charge in [0, 0.05) is 11.3 Å². The van der Waals surface area contributed by atoms with E-state index in [1.165, 1.54) is 17.3 Å². The minimum atomic E-state index is -0.0703. The number of rotatable bonds is 7. The van der Waals surface area contributed by atoms with Gasteiger partial charge >= 0.3 is 0 Å². The van der Waals surface area contributed by atoms with Crippen molar-refractivity contribution in [2.45, 2.75) is 25.8 Å².